The molecule has 142 valence electrons. The number of aromatic nitrogens is 1. The molecule has 7 heteroatoms. The van der Waals surface area contributed by atoms with E-state index in [1.807, 2.05) is 24.3 Å². The van der Waals surface area contributed by atoms with Crippen LogP contribution in [0.25, 0.3) is 0 Å². The summed E-state index contributed by atoms with van der Waals surface area (Å²) in [5.41, 5.74) is 2.24. The number of guanidine groups is 1. The van der Waals surface area contributed by atoms with E-state index in [0.29, 0.717) is 24.4 Å². The molecule has 2 unspecified atom stereocenters. The quantitative estimate of drug-likeness (QED) is 0.352. The maximum absolute atomic E-state index is 6.09. The van der Waals surface area contributed by atoms with E-state index in [-0.39, 0.29) is 24.0 Å². The lowest BCUT2D eigenvalue weighted by Crippen LogP contribution is -2.39. The van der Waals surface area contributed by atoms with E-state index < -0.39 is 0 Å². The van der Waals surface area contributed by atoms with Gasteiger partial charge >= 0.3 is 0 Å². The first kappa shape index (κ1) is 21.0. The second-order valence-corrected chi connectivity index (χ2v) is 7.15. The van der Waals surface area contributed by atoms with Crippen molar-refractivity contribution in [2.45, 2.75) is 51.6 Å². The van der Waals surface area contributed by atoms with Gasteiger partial charge in [-0.15, -0.1) is 24.0 Å². The fourth-order valence-corrected chi connectivity index (χ4v) is 2.99. The van der Waals surface area contributed by atoms with Crippen molar-refractivity contribution in [3.05, 3.63) is 52.4 Å². The lowest BCUT2D eigenvalue weighted by molar-refractivity contribution is 0.376. The van der Waals surface area contributed by atoms with Crippen LogP contribution in [-0.2, 0) is 6.54 Å². The van der Waals surface area contributed by atoms with Crippen LogP contribution in [0.2, 0.25) is 5.02 Å². The molecule has 26 heavy (non-hydrogen) atoms. The summed E-state index contributed by atoms with van der Waals surface area (Å²) in [5, 5.41) is 11.6. The van der Waals surface area contributed by atoms with Gasteiger partial charge in [-0.2, -0.15) is 0 Å². The summed E-state index contributed by atoms with van der Waals surface area (Å²) >= 11 is 6.09. The molecule has 2 atom stereocenters. The van der Waals surface area contributed by atoms with Gasteiger partial charge in [0.25, 0.3) is 0 Å². The molecule has 3 rings (SSSR count). The van der Waals surface area contributed by atoms with Crippen LogP contribution in [0.1, 0.15) is 56.0 Å². The molecule has 5 nitrogen and oxygen atoms in total. The van der Waals surface area contributed by atoms with E-state index in [2.05, 4.69) is 47.6 Å². The molecule has 1 aliphatic rings. The van der Waals surface area contributed by atoms with E-state index in [1.165, 1.54) is 5.56 Å². The number of halogens is 2. The Labute approximate surface area is 177 Å². The topological polar surface area (TPSA) is 62.5 Å². The minimum atomic E-state index is 0. The summed E-state index contributed by atoms with van der Waals surface area (Å²) < 4.78 is 5.35. The largest absolute Gasteiger partial charge is 0.359 e. The Morgan fingerprint density at radius 3 is 2.85 bits per heavy atom. The zero-order valence-corrected chi connectivity index (χ0v) is 18.4. The van der Waals surface area contributed by atoms with Gasteiger partial charge in [-0.25, -0.2) is 4.99 Å². The minimum Gasteiger partial charge on any atom is -0.359 e. The molecule has 2 aromatic rings. The predicted octanol–water partition coefficient (Wildman–Crippen LogP) is 4.68. The van der Waals surface area contributed by atoms with Crippen LogP contribution < -0.4 is 10.6 Å². The van der Waals surface area contributed by atoms with Crippen molar-refractivity contribution in [2.75, 3.05) is 6.54 Å². The van der Waals surface area contributed by atoms with E-state index in [0.717, 1.165) is 35.4 Å². The minimum absolute atomic E-state index is 0. The molecule has 1 saturated carbocycles. The number of nitrogens with one attached hydrogen (secondary N) is 2. The molecule has 1 heterocycles. The Kier molecular flexibility index (Phi) is 7.76. The lowest BCUT2D eigenvalue weighted by atomic mass is 10.1. The van der Waals surface area contributed by atoms with Gasteiger partial charge in [0.05, 0.1) is 5.69 Å². The van der Waals surface area contributed by atoms with Crippen molar-refractivity contribution in [1.29, 1.82) is 0 Å². The van der Waals surface area contributed by atoms with E-state index in [1.54, 1.807) is 0 Å². The van der Waals surface area contributed by atoms with E-state index >= 15 is 0 Å². The average molecular weight is 489 g/mol. The third kappa shape index (κ3) is 5.61. The molecule has 0 radical (unpaired) electrons. The molecule has 0 bridgehead atoms. The van der Waals surface area contributed by atoms with Crippen molar-refractivity contribution in [3.8, 4) is 0 Å². The smallest absolute Gasteiger partial charge is 0.191 e. The highest BCUT2D eigenvalue weighted by Gasteiger charge is 2.39. The van der Waals surface area contributed by atoms with Gasteiger partial charge in [0.15, 0.2) is 11.7 Å². The zero-order chi connectivity index (χ0) is 17.8. The molecule has 1 aromatic heterocycles. The third-order valence-electron chi connectivity index (χ3n) is 4.30. The van der Waals surface area contributed by atoms with Crippen LogP contribution in [0.4, 0.5) is 0 Å². The molecule has 0 amide bonds. The summed E-state index contributed by atoms with van der Waals surface area (Å²) in [6.07, 6.45) is 1.09. The first-order valence-corrected chi connectivity index (χ1v) is 9.20. The number of nitrogens with zero attached hydrogens (tertiary/aromatic N) is 2. The van der Waals surface area contributed by atoms with Crippen LogP contribution in [-0.4, -0.2) is 23.7 Å². The van der Waals surface area contributed by atoms with Crippen molar-refractivity contribution < 1.29 is 4.52 Å². The predicted molar refractivity (Wildman–Crippen MR) is 117 cm³/mol. The zero-order valence-electron chi connectivity index (χ0n) is 15.3. The Hall–Kier alpha value is -1.28. The molecule has 1 aliphatic carbocycles. The molecular formula is C19H26ClIN4O. The van der Waals surface area contributed by atoms with Crippen molar-refractivity contribution in [1.82, 2.24) is 15.8 Å². The summed E-state index contributed by atoms with van der Waals surface area (Å²) in [5.74, 6) is 2.43. The summed E-state index contributed by atoms with van der Waals surface area (Å²) in [4.78, 5) is 4.62. The molecular weight excluding hydrogens is 463 g/mol. The van der Waals surface area contributed by atoms with Crippen LogP contribution >= 0.6 is 35.6 Å². The molecule has 0 saturated heterocycles. The molecule has 0 aliphatic heterocycles. The van der Waals surface area contributed by atoms with Crippen molar-refractivity contribution >= 4 is 41.5 Å². The fourth-order valence-electron chi connectivity index (χ4n) is 2.79. The second-order valence-electron chi connectivity index (χ2n) is 6.72. The maximum Gasteiger partial charge on any atom is 0.191 e. The van der Waals surface area contributed by atoms with Gasteiger partial charge in [0.2, 0.25) is 0 Å². The Balaban J connectivity index is 0.00000243. The average Bonchev–Trinajstić information content (AvgIpc) is 3.17. The molecule has 1 aromatic carbocycles. The highest BCUT2D eigenvalue weighted by atomic mass is 127. The monoisotopic (exact) mass is 488 g/mol. The Bertz CT molecular complexity index is 747. The molecule has 2 N–H and O–H groups in total. The standard InChI is InChI=1S/C19H25ClN4O.HI/c1-4-21-19(22-11-15-9-17(12(2)3)24-25-15)23-18-10-16(18)13-6-5-7-14(20)8-13;/h5-9,12,16,18H,4,10-11H2,1-3H3,(H2,21,22,23);1H. The lowest BCUT2D eigenvalue weighted by Gasteiger charge is -2.11. The number of hydrogen-bond acceptors (Lipinski definition) is 3. The third-order valence-corrected chi connectivity index (χ3v) is 4.53. The SMILES string of the molecule is CCNC(=NCc1cc(C(C)C)no1)NC1CC1c1cccc(Cl)c1.I. The van der Waals surface area contributed by atoms with Gasteiger partial charge in [-0.05, 0) is 37.0 Å². The highest BCUT2D eigenvalue weighted by molar-refractivity contribution is 14.0. The second kappa shape index (κ2) is 9.60. The summed E-state index contributed by atoms with van der Waals surface area (Å²) in [6.45, 7) is 7.54. The van der Waals surface area contributed by atoms with Gasteiger partial charge in [0.1, 0.15) is 6.54 Å². The first-order valence-electron chi connectivity index (χ1n) is 8.82. The molecule has 0 spiro atoms. The normalized spacial score (nSPS) is 19.2. The van der Waals surface area contributed by atoms with Gasteiger partial charge in [-0.3, -0.25) is 0 Å². The maximum atomic E-state index is 6.09. The van der Waals surface area contributed by atoms with E-state index in [4.69, 9.17) is 16.1 Å². The number of benzene rings is 1. The molecule has 1 fully saturated rings. The fraction of sp³-hybridized carbons (Fsp3) is 0.474. The van der Waals surface area contributed by atoms with Gasteiger partial charge in [0, 0.05) is 29.6 Å². The number of rotatable bonds is 6. The van der Waals surface area contributed by atoms with Crippen molar-refractivity contribution in [3.63, 3.8) is 0 Å². The number of aliphatic imine (C=N–C) groups is 1. The number of hydrogen-bond donors (Lipinski definition) is 2. The van der Waals surface area contributed by atoms with Crippen LogP contribution in [0.3, 0.4) is 0 Å². The van der Waals surface area contributed by atoms with Gasteiger partial charge < -0.3 is 15.2 Å². The Morgan fingerprint density at radius 2 is 2.19 bits per heavy atom. The Morgan fingerprint density at radius 1 is 1.38 bits per heavy atom. The first-order chi connectivity index (χ1) is 12.1. The van der Waals surface area contributed by atoms with Gasteiger partial charge in [-0.1, -0.05) is 42.7 Å². The highest BCUT2D eigenvalue weighted by Crippen LogP contribution is 2.41. The van der Waals surface area contributed by atoms with Crippen LogP contribution in [0.15, 0.2) is 39.8 Å². The summed E-state index contributed by atoms with van der Waals surface area (Å²) in [7, 11) is 0. The van der Waals surface area contributed by atoms with Crippen molar-refractivity contribution in [2.24, 2.45) is 4.99 Å². The van der Waals surface area contributed by atoms with E-state index in [9.17, 15) is 0 Å². The summed E-state index contributed by atoms with van der Waals surface area (Å²) in [6, 6.07) is 10.4. The van der Waals surface area contributed by atoms with Crippen LogP contribution in [0, 0.1) is 0 Å². The van der Waals surface area contributed by atoms with Crippen LogP contribution in [0.5, 0.6) is 0 Å².